The second-order valence-electron chi connectivity index (χ2n) is 9.18. The van der Waals surface area contributed by atoms with E-state index in [1.807, 2.05) is 6.92 Å². The molecular formula is C26H41F6N. The maximum Gasteiger partial charge on any atom is 0.168 e. The molecule has 0 aliphatic heterocycles. The van der Waals surface area contributed by atoms with Crippen molar-refractivity contribution in [2.45, 2.75) is 96.6 Å². The first kappa shape index (κ1) is 29.6. The fourth-order valence-corrected chi connectivity index (χ4v) is 4.19. The first-order chi connectivity index (χ1) is 15.7. The van der Waals surface area contributed by atoms with Crippen LogP contribution in [0.5, 0.6) is 0 Å². The molecule has 0 saturated heterocycles. The Balaban J connectivity index is 2.79. The minimum absolute atomic E-state index is 0.187. The van der Waals surface area contributed by atoms with E-state index in [0.717, 1.165) is 32.1 Å². The van der Waals surface area contributed by atoms with Gasteiger partial charge in [-0.3, -0.25) is 4.39 Å². The maximum atomic E-state index is 14.8. The number of benzene rings is 1. The third-order valence-corrected chi connectivity index (χ3v) is 6.30. The van der Waals surface area contributed by atoms with Crippen molar-refractivity contribution in [3.8, 4) is 0 Å². The maximum absolute atomic E-state index is 14.8. The predicted molar refractivity (Wildman–Crippen MR) is 125 cm³/mol. The molecule has 7 atom stereocenters. The highest BCUT2D eigenvalue weighted by atomic mass is 19.2. The molecule has 0 fully saturated rings. The van der Waals surface area contributed by atoms with E-state index in [1.165, 1.54) is 0 Å². The number of hydrogen-bond donors (Lipinski definition) is 0. The summed E-state index contributed by atoms with van der Waals surface area (Å²) in [6.07, 6.45) is -8.76. The van der Waals surface area contributed by atoms with Crippen LogP contribution >= 0.6 is 0 Å². The van der Waals surface area contributed by atoms with Crippen molar-refractivity contribution in [1.82, 2.24) is 0 Å². The van der Waals surface area contributed by atoms with E-state index in [4.69, 9.17) is 0 Å². The third-order valence-electron chi connectivity index (χ3n) is 6.30. The normalized spacial score (nSPS) is 18.2. The zero-order chi connectivity index (χ0) is 24.8. The van der Waals surface area contributed by atoms with Crippen molar-refractivity contribution < 1.29 is 26.3 Å². The van der Waals surface area contributed by atoms with Gasteiger partial charge in [0.1, 0.15) is 6.17 Å². The molecule has 0 N–H and O–H groups in total. The Kier molecular flexibility index (Phi) is 14.6. The molecule has 192 valence electrons. The van der Waals surface area contributed by atoms with Gasteiger partial charge in [0, 0.05) is 12.2 Å². The summed E-state index contributed by atoms with van der Waals surface area (Å²) in [5, 5.41) is 0. The fourth-order valence-electron chi connectivity index (χ4n) is 4.19. The average molecular weight is 482 g/mol. The molecule has 0 aliphatic rings. The van der Waals surface area contributed by atoms with Gasteiger partial charge in [0.05, 0.1) is 13.2 Å². The Hall–Kier alpha value is -1.40. The van der Waals surface area contributed by atoms with Crippen LogP contribution in [0.15, 0.2) is 30.3 Å². The zero-order valence-corrected chi connectivity index (χ0v) is 20.2. The van der Waals surface area contributed by atoms with Gasteiger partial charge in [-0.15, -0.1) is 0 Å². The minimum Gasteiger partial charge on any atom is -0.368 e. The topological polar surface area (TPSA) is 3.24 Å². The zero-order valence-electron chi connectivity index (χ0n) is 20.2. The molecule has 0 radical (unpaired) electrons. The van der Waals surface area contributed by atoms with Crippen LogP contribution in [-0.2, 0) is 0 Å². The molecule has 0 aromatic heterocycles. The van der Waals surface area contributed by atoms with Crippen LogP contribution in [0.25, 0.3) is 0 Å². The first-order valence-electron chi connectivity index (χ1n) is 12.3. The van der Waals surface area contributed by atoms with Gasteiger partial charge >= 0.3 is 0 Å². The Morgan fingerprint density at radius 3 is 1.97 bits per heavy atom. The Bertz CT molecular complexity index is 604. The highest BCUT2D eigenvalue weighted by Crippen LogP contribution is 2.27. The van der Waals surface area contributed by atoms with Gasteiger partial charge in [-0.05, 0) is 43.2 Å². The molecule has 1 nitrogen and oxygen atoms in total. The minimum atomic E-state index is -2.94. The van der Waals surface area contributed by atoms with Gasteiger partial charge in [-0.25, -0.2) is 22.0 Å². The highest BCUT2D eigenvalue weighted by molar-refractivity contribution is 5.46. The number of nitrogens with zero attached hydrogens (tertiary/aromatic N) is 1. The summed E-state index contributed by atoms with van der Waals surface area (Å²) in [5.41, 5.74) is 0.665. The first-order valence-corrected chi connectivity index (χ1v) is 12.3. The Morgan fingerprint density at radius 2 is 1.39 bits per heavy atom. The molecule has 0 spiro atoms. The molecule has 0 heterocycles. The van der Waals surface area contributed by atoms with E-state index < -0.39 is 50.5 Å². The average Bonchev–Trinajstić information content (AvgIpc) is 2.83. The van der Waals surface area contributed by atoms with Crippen molar-refractivity contribution in [2.75, 3.05) is 24.7 Å². The number of rotatable bonds is 18. The molecule has 0 saturated carbocycles. The van der Waals surface area contributed by atoms with Crippen molar-refractivity contribution in [3.05, 3.63) is 30.3 Å². The molecule has 7 unspecified atom stereocenters. The van der Waals surface area contributed by atoms with Crippen molar-refractivity contribution in [3.63, 3.8) is 0 Å². The van der Waals surface area contributed by atoms with Crippen LogP contribution in [0.3, 0.4) is 0 Å². The number of para-hydroxylation sites is 1. The number of hydrogen-bond acceptors (Lipinski definition) is 1. The molecule has 0 aliphatic carbocycles. The lowest BCUT2D eigenvalue weighted by molar-refractivity contribution is 0.000378. The van der Waals surface area contributed by atoms with E-state index in [0.29, 0.717) is 18.2 Å². The molecular weight excluding hydrogens is 440 g/mol. The summed E-state index contributed by atoms with van der Waals surface area (Å²) in [6, 6.07) is 8.87. The summed E-state index contributed by atoms with van der Waals surface area (Å²) in [5.74, 6) is 0.819. The molecule has 33 heavy (non-hydrogen) atoms. The van der Waals surface area contributed by atoms with Gasteiger partial charge in [0.2, 0.25) is 0 Å². The van der Waals surface area contributed by atoms with Gasteiger partial charge in [0.25, 0.3) is 0 Å². The number of anilines is 1. The van der Waals surface area contributed by atoms with Crippen LogP contribution in [0.1, 0.15) is 65.7 Å². The van der Waals surface area contributed by atoms with Crippen LogP contribution < -0.4 is 4.90 Å². The van der Waals surface area contributed by atoms with Crippen molar-refractivity contribution in [2.24, 2.45) is 11.8 Å². The summed E-state index contributed by atoms with van der Waals surface area (Å²) < 4.78 is 83.3. The Labute approximate surface area is 195 Å². The molecule has 1 rings (SSSR count). The molecule has 7 heteroatoms. The second kappa shape index (κ2) is 16.3. The summed E-state index contributed by atoms with van der Waals surface area (Å²) in [6.45, 7) is 5.47. The predicted octanol–water partition coefficient (Wildman–Crippen LogP) is 8.18. The van der Waals surface area contributed by atoms with Gasteiger partial charge in [-0.2, -0.15) is 0 Å². The Morgan fingerprint density at radius 1 is 0.758 bits per heavy atom. The van der Waals surface area contributed by atoms with Crippen LogP contribution in [0, 0.1) is 11.8 Å². The van der Waals surface area contributed by atoms with Crippen LogP contribution in [0.2, 0.25) is 0 Å². The smallest absolute Gasteiger partial charge is 0.168 e. The summed E-state index contributed by atoms with van der Waals surface area (Å²) in [4.78, 5) is 1.65. The van der Waals surface area contributed by atoms with E-state index in [9.17, 15) is 26.3 Å². The molecule has 0 bridgehead atoms. The van der Waals surface area contributed by atoms with E-state index in [1.54, 1.807) is 35.2 Å². The number of halogens is 6. The summed E-state index contributed by atoms with van der Waals surface area (Å²) in [7, 11) is 0. The van der Waals surface area contributed by atoms with Gasteiger partial charge in [-0.1, -0.05) is 64.7 Å². The SMILES string of the molecule is CCCC(CC)CCC(C)CN(CC(F)C(F)C(F)C(F)C(F)CCCF)c1ccccc1. The number of alkyl halides is 6. The van der Waals surface area contributed by atoms with E-state index >= 15 is 0 Å². The third kappa shape index (κ3) is 10.6. The second-order valence-corrected chi connectivity index (χ2v) is 9.18. The monoisotopic (exact) mass is 481 g/mol. The van der Waals surface area contributed by atoms with Crippen LogP contribution in [-0.4, -0.2) is 50.6 Å². The molecule has 0 amide bonds. The summed E-state index contributed by atoms with van der Waals surface area (Å²) >= 11 is 0. The standard InChI is InChI=1S/C26H41F6N/c1-4-10-20(5-2)15-14-19(3)17-33(21-11-7-6-8-12-21)18-23(29)25(31)26(32)24(30)22(28)13-9-16-27/h6-8,11-12,19-20,22-26H,4-5,9-10,13-18H2,1-3H3. The lowest BCUT2D eigenvalue weighted by Crippen LogP contribution is -2.45. The highest BCUT2D eigenvalue weighted by Gasteiger charge is 2.40. The van der Waals surface area contributed by atoms with Crippen LogP contribution in [0.4, 0.5) is 32.0 Å². The largest absolute Gasteiger partial charge is 0.368 e. The fraction of sp³-hybridized carbons (Fsp3) is 0.769. The van der Waals surface area contributed by atoms with E-state index in [2.05, 4.69) is 13.8 Å². The van der Waals surface area contributed by atoms with Crippen molar-refractivity contribution in [1.29, 1.82) is 0 Å². The van der Waals surface area contributed by atoms with Gasteiger partial charge < -0.3 is 4.90 Å². The lowest BCUT2D eigenvalue weighted by Gasteiger charge is -2.31. The molecule has 1 aromatic rings. The van der Waals surface area contributed by atoms with Gasteiger partial charge in [0.15, 0.2) is 24.7 Å². The van der Waals surface area contributed by atoms with E-state index in [-0.39, 0.29) is 12.3 Å². The quantitative estimate of drug-likeness (QED) is 0.191. The molecule has 1 aromatic carbocycles. The lowest BCUT2D eigenvalue weighted by atomic mass is 9.91. The van der Waals surface area contributed by atoms with Crippen molar-refractivity contribution >= 4 is 5.69 Å².